The zero-order valence-corrected chi connectivity index (χ0v) is 13.3. The Bertz CT molecular complexity index is 485. The molecule has 1 saturated carbocycles. The standard InChI is InChI=1S/C15H21BrN2O2/c1-17-15(8-3-2-4-9-15)10-13(19)18-12-7-5-6-11(16)14(12)20/h5-7,17,20H,2-4,8-10H2,1H3,(H,18,19). The lowest BCUT2D eigenvalue weighted by Crippen LogP contribution is -2.47. The van der Waals surface area contributed by atoms with E-state index in [2.05, 4.69) is 26.6 Å². The van der Waals surface area contributed by atoms with Gasteiger partial charge in [0.1, 0.15) is 0 Å². The van der Waals surface area contributed by atoms with Crippen molar-refractivity contribution >= 4 is 27.5 Å². The predicted molar refractivity (Wildman–Crippen MR) is 83.9 cm³/mol. The van der Waals surface area contributed by atoms with Crippen LogP contribution in [0.5, 0.6) is 5.75 Å². The summed E-state index contributed by atoms with van der Waals surface area (Å²) in [5.41, 5.74) is 0.357. The van der Waals surface area contributed by atoms with Gasteiger partial charge in [-0.3, -0.25) is 4.79 Å². The molecule has 0 aliphatic heterocycles. The third-order valence-corrected chi connectivity index (χ3v) is 4.74. The Morgan fingerprint density at radius 3 is 2.70 bits per heavy atom. The average Bonchev–Trinajstić information content (AvgIpc) is 2.45. The van der Waals surface area contributed by atoms with Gasteiger partial charge in [0, 0.05) is 12.0 Å². The Morgan fingerprint density at radius 2 is 2.05 bits per heavy atom. The highest BCUT2D eigenvalue weighted by Gasteiger charge is 2.32. The van der Waals surface area contributed by atoms with E-state index in [-0.39, 0.29) is 17.2 Å². The molecular formula is C15H21BrN2O2. The summed E-state index contributed by atoms with van der Waals surface area (Å²) in [6, 6.07) is 5.22. The first kappa shape index (κ1) is 15.3. The fraction of sp³-hybridized carbons (Fsp3) is 0.533. The maximum Gasteiger partial charge on any atom is 0.226 e. The van der Waals surface area contributed by atoms with Crippen LogP contribution in [0.1, 0.15) is 38.5 Å². The Labute approximate surface area is 128 Å². The van der Waals surface area contributed by atoms with Gasteiger partial charge < -0.3 is 15.7 Å². The Hall–Kier alpha value is -1.07. The summed E-state index contributed by atoms with van der Waals surface area (Å²) >= 11 is 3.25. The minimum atomic E-state index is -0.0933. The quantitative estimate of drug-likeness (QED) is 0.736. The SMILES string of the molecule is CNC1(CC(=O)Nc2cccc(Br)c2O)CCCCC1. The fourth-order valence-electron chi connectivity index (χ4n) is 2.86. The molecule has 0 bridgehead atoms. The van der Waals surface area contributed by atoms with Crippen molar-refractivity contribution in [3.05, 3.63) is 22.7 Å². The van der Waals surface area contributed by atoms with E-state index in [1.165, 1.54) is 6.42 Å². The first-order valence-corrected chi connectivity index (χ1v) is 7.82. The number of carbonyl (C=O) groups excluding carboxylic acids is 1. The summed E-state index contributed by atoms with van der Waals surface area (Å²) in [6.45, 7) is 0. The summed E-state index contributed by atoms with van der Waals surface area (Å²) in [4.78, 5) is 12.2. The second kappa shape index (κ2) is 6.59. The number of para-hydroxylation sites is 1. The normalized spacial score (nSPS) is 17.7. The van der Waals surface area contributed by atoms with Crippen LogP contribution in [0, 0.1) is 0 Å². The summed E-state index contributed by atoms with van der Waals surface area (Å²) < 4.78 is 0.580. The number of aromatic hydroxyl groups is 1. The molecule has 3 N–H and O–H groups in total. The topological polar surface area (TPSA) is 61.4 Å². The second-order valence-electron chi connectivity index (χ2n) is 5.45. The zero-order valence-electron chi connectivity index (χ0n) is 11.7. The molecule has 110 valence electrons. The molecule has 1 aliphatic rings. The maximum atomic E-state index is 12.2. The maximum absolute atomic E-state index is 12.2. The van der Waals surface area contributed by atoms with Crippen molar-refractivity contribution < 1.29 is 9.90 Å². The van der Waals surface area contributed by atoms with E-state index in [1.807, 2.05) is 7.05 Å². The fourth-order valence-corrected chi connectivity index (χ4v) is 3.23. The molecular weight excluding hydrogens is 320 g/mol. The van der Waals surface area contributed by atoms with Gasteiger partial charge in [-0.2, -0.15) is 0 Å². The summed E-state index contributed by atoms with van der Waals surface area (Å²) in [6.07, 6.45) is 6.07. The molecule has 5 heteroatoms. The van der Waals surface area contributed by atoms with E-state index in [1.54, 1.807) is 18.2 Å². The summed E-state index contributed by atoms with van der Waals surface area (Å²) in [5.74, 6) is 0.0117. The summed E-state index contributed by atoms with van der Waals surface area (Å²) in [7, 11) is 1.93. The number of nitrogens with one attached hydrogen (secondary N) is 2. The van der Waals surface area contributed by atoms with Crippen LogP contribution in [0.15, 0.2) is 22.7 Å². The highest BCUT2D eigenvalue weighted by atomic mass is 79.9. The van der Waals surface area contributed by atoms with Crippen LogP contribution in [-0.4, -0.2) is 23.6 Å². The predicted octanol–water partition coefficient (Wildman–Crippen LogP) is 3.41. The molecule has 0 aromatic heterocycles. The highest BCUT2D eigenvalue weighted by Crippen LogP contribution is 2.34. The van der Waals surface area contributed by atoms with Gasteiger partial charge in [-0.1, -0.05) is 25.3 Å². The lowest BCUT2D eigenvalue weighted by atomic mass is 9.79. The van der Waals surface area contributed by atoms with Gasteiger partial charge in [0.15, 0.2) is 5.75 Å². The second-order valence-corrected chi connectivity index (χ2v) is 6.31. The van der Waals surface area contributed by atoms with Crippen LogP contribution in [-0.2, 0) is 4.79 Å². The minimum Gasteiger partial charge on any atom is -0.505 e. The molecule has 4 nitrogen and oxygen atoms in total. The molecule has 1 fully saturated rings. The molecule has 0 atom stereocenters. The molecule has 0 saturated heterocycles. The highest BCUT2D eigenvalue weighted by molar-refractivity contribution is 9.10. The van der Waals surface area contributed by atoms with Crippen LogP contribution < -0.4 is 10.6 Å². The van der Waals surface area contributed by atoms with Crippen molar-refractivity contribution in [3.8, 4) is 5.75 Å². The number of carbonyl (C=O) groups is 1. The first-order chi connectivity index (χ1) is 9.56. The first-order valence-electron chi connectivity index (χ1n) is 7.02. The number of hydrogen-bond acceptors (Lipinski definition) is 3. The van der Waals surface area contributed by atoms with Crippen molar-refractivity contribution in [1.29, 1.82) is 0 Å². The van der Waals surface area contributed by atoms with Gasteiger partial charge in [0.25, 0.3) is 0 Å². The van der Waals surface area contributed by atoms with Crippen molar-refractivity contribution in [2.24, 2.45) is 0 Å². The molecule has 2 rings (SSSR count). The Morgan fingerprint density at radius 1 is 1.35 bits per heavy atom. The van der Waals surface area contributed by atoms with Crippen LogP contribution in [0.3, 0.4) is 0 Å². The van der Waals surface area contributed by atoms with Crippen molar-refractivity contribution in [2.45, 2.75) is 44.1 Å². The number of halogens is 1. The molecule has 1 aromatic carbocycles. The number of anilines is 1. The van der Waals surface area contributed by atoms with Crippen LogP contribution in [0.4, 0.5) is 5.69 Å². The Kier molecular flexibility index (Phi) is 5.05. The lowest BCUT2D eigenvalue weighted by Gasteiger charge is -2.36. The minimum absolute atomic E-state index is 0.0605. The van der Waals surface area contributed by atoms with Gasteiger partial charge >= 0.3 is 0 Å². The van der Waals surface area contributed by atoms with Crippen molar-refractivity contribution in [2.75, 3.05) is 12.4 Å². The number of phenols is 1. The molecule has 20 heavy (non-hydrogen) atoms. The average molecular weight is 341 g/mol. The largest absolute Gasteiger partial charge is 0.505 e. The molecule has 1 aliphatic carbocycles. The van der Waals surface area contributed by atoms with Crippen LogP contribution in [0.25, 0.3) is 0 Å². The van der Waals surface area contributed by atoms with Gasteiger partial charge in [-0.25, -0.2) is 0 Å². The Balaban J connectivity index is 2.03. The molecule has 1 aromatic rings. The van der Waals surface area contributed by atoms with Gasteiger partial charge in [0.2, 0.25) is 5.91 Å². The number of rotatable bonds is 4. The summed E-state index contributed by atoms with van der Waals surface area (Å²) in [5, 5.41) is 16.0. The van der Waals surface area contributed by atoms with Gasteiger partial charge in [-0.05, 0) is 48.0 Å². The molecule has 0 radical (unpaired) electrons. The third kappa shape index (κ3) is 3.52. The van der Waals surface area contributed by atoms with Gasteiger partial charge in [0.05, 0.1) is 10.2 Å². The number of hydrogen-bond donors (Lipinski definition) is 3. The van der Waals surface area contributed by atoms with E-state index in [0.29, 0.717) is 16.6 Å². The molecule has 1 amide bonds. The van der Waals surface area contributed by atoms with Crippen molar-refractivity contribution in [1.82, 2.24) is 5.32 Å². The van der Waals surface area contributed by atoms with E-state index < -0.39 is 0 Å². The molecule has 0 heterocycles. The number of phenolic OH excluding ortho intramolecular Hbond substituents is 1. The number of amides is 1. The van der Waals surface area contributed by atoms with Crippen LogP contribution >= 0.6 is 15.9 Å². The third-order valence-electron chi connectivity index (χ3n) is 4.10. The molecule has 0 unspecified atom stereocenters. The van der Waals surface area contributed by atoms with Gasteiger partial charge in [-0.15, -0.1) is 0 Å². The van der Waals surface area contributed by atoms with Crippen LogP contribution in [0.2, 0.25) is 0 Å². The monoisotopic (exact) mass is 340 g/mol. The molecule has 0 spiro atoms. The lowest BCUT2D eigenvalue weighted by molar-refractivity contribution is -0.117. The number of benzene rings is 1. The van der Waals surface area contributed by atoms with E-state index in [9.17, 15) is 9.90 Å². The van der Waals surface area contributed by atoms with Crippen molar-refractivity contribution in [3.63, 3.8) is 0 Å². The van der Waals surface area contributed by atoms with E-state index >= 15 is 0 Å². The zero-order chi connectivity index (χ0) is 14.6. The van der Waals surface area contributed by atoms with E-state index in [0.717, 1.165) is 25.7 Å². The van der Waals surface area contributed by atoms with E-state index in [4.69, 9.17) is 0 Å². The smallest absolute Gasteiger partial charge is 0.226 e.